The number of carboxylic acid groups (broad SMARTS) is 1. The zero-order valence-corrected chi connectivity index (χ0v) is 17.1. The van der Waals surface area contributed by atoms with E-state index >= 15 is 0 Å². The maximum absolute atomic E-state index is 10.7. The van der Waals surface area contributed by atoms with Crippen molar-refractivity contribution in [1.82, 2.24) is 0 Å². The van der Waals surface area contributed by atoms with E-state index in [0.29, 0.717) is 18.4 Å². The number of aliphatic hydroxyl groups is 3. The highest BCUT2D eigenvalue weighted by Gasteiger charge is 2.40. The summed E-state index contributed by atoms with van der Waals surface area (Å²) in [6.45, 7) is 0.579. The monoisotopic (exact) mass is 418 g/mol. The number of carbonyl (C=O) groups is 1. The lowest BCUT2D eigenvalue weighted by molar-refractivity contribution is -0.227. The first-order valence-electron chi connectivity index (χ1n) is 10.1. The lowest BCUT2D eigenvalue weighted by Gasteiger charge is -2.19. The number of benzene rings is 1. The molecule has 1 aromatic carbocycles. The highest BCUT2D eigenvalue weighted by molar-refractivity contribution is 5.76. The molecule has 1 aromatic rings. The van der Waals surface area contributed by atoms with Gasteiger partial charge >= 0.3 is 5.97 Å². The van der Waals surface area contributed by atoms with Gasteiger partial charge in [0, 0.05) is 6.07 Å². The van der Waals surface area contributed by atoms with Crippen LogP contribution in [0.2, 0.25) is 0 Å². The van der Waals surface area contributed by atoms with E-state index in [2.05, 4.69) is 17.9 Å². The van der Waals surface area contributed by atoms with Crippen molar-refractivity contribution in [3.05, 3.63) is 54.3 Å². The Balaban J connectivity index is 1.77. The van der Waals surface area contributed by atoms with Gasteiger partial charge in [0.15, 0.2) is 0 Å². The van der Waals surface area contributed by atoms with Gasteiger partial charge in [0.05, 0.1) is 13.7 Å². The fourth-order valence-corrected chi connectivity index (χ4v) is 3.44. The standard InChI is InChI=1S/C23H30O7/c1-29-19-12-7-13-20(16-19)30-15-5-4-9-18-11-6-10-17(18)8-2-3-14-21(24)23(27,28)22(25)26/h2,4,7,9,12-14,16-18,21,24,27-28H,5-6,8,10-11,15H2,1H3,(H,25,26)/t3?,17-,18-,21?/m0/s1. The van der Waals surface area contributed by atoms with E-state index < -0.39 is 17.9 Å². The molecule has 1 saturated carbocycles. The molecule has 30 heavy (non-hydrogen) atoms. The molecule has 4 N–H and O–H groups in total. The van der Waals surface area contributed by atoms with E-state index in [-0.39, 0.29) is 0 Å². The molecule has 7 nitrogen and oxygen atoms in total. The third kappa shape index (κ3) is 7.04. The fraction of sp³-hybridized carbons (Fsp3) is 0.478. The van der Waals surface area contributed by atoms with E-state index in [9.17, 15) is 20.1 Å². The Morgan fingerprint density at radius 3 is 2.83 bits per heavy atom. The number of hydrogen-bond acceptors (Lipinski definition) is 6. The summed E-state index contributed by atoms with van der Waals surface area (Å²) < 4.78 is 10.9. The SMILES string of the molecule is COc1cccc(OCCC=C[C@H]2CCC[C@@H]2CC=C=CC(O)C(O)(O)C(=O)O)c1. The Bertz CT molecular complexity index is 778. The minimum atomic E-state index is -3.22. The molecule has 0 spiro atoms. The van der Waals surface area contributed by atoms with E-state index in [1.54, 1.807) is 13.2 Å². The minimum absolute atomic E-state index is 0.436. The summed E-state index contributed by atoms with van der Waals surface area (Å²) in [6, 6.07) is 7.50. The Morgan fingerprint density at radius 1 is 1.33 bits per heavy atom. The van der Waals surface area contributed by atoms with Crippen LogP contribution in [0.3, 0.4) is 0 Å². The average Bonchev–Trinajstić information content (AvgIpc) is 3.18. The third-order valence-corrected chi connectivity index (χ3v) is 5.22. The minimum Gasteiger partial charge on any atom is -0.497 e. The Labute approximate surface area is 176 Å². The molecular formula is C23H30O7. The smallest absolute Gasteiger partial charge is 0.367 e. The summed E-state index contributed by atoms with van der Waals surface area (Å²) in [6.07, 6.45) is 9.88. The summed E-state index contributed by atoms with van der Waals surface area (Å²) in [5.74, 6) is -2.71. The molecule has 0 aliphatic heterocycles. The van der Waals surface area contributed by atoms with Crippen molar-refractivity contribution < 1.29 is 34.7 Å². The zero-order valence-electron chi connectivity index (χ0n) is 17.1. The molecular weight excluding hydrogens is 388 g/mol. The van der Waals surface area contributed by atoms with Crippen LogP contribution in [0.25, 0.3) is 0 Å². The molecule has 0 bridgehead atoms. The van der Waals surface area contributed by atoms with E-state index in [1.807, 2.05) is 24.3 Å². The van der Waals surface area contributed by atoms with Crippen LogP contribution in [-0.2, 0) is 4.79 Å². The first-order chi connectivity index (χ1) is 14.3. The van der Waals surface area contributed by atoms with Gasteiger partial charge in [0.2, 0.25) is 0 Å². The molecule has 1 unspecified atom stereocenters. The van der Waals surface area contributed by atoms with Crippen LogP contribution in [0, 0.1) is 11.8 Å². The maximum atomic E-state index is 10.7. The van der Waals surface area contributed by atoms with Gasteiger partial charge in [-0.15, -0.1) is 5.73 Å². The summed E-state index contributed by atoms with van der Waals surface area (Å²) in [4.78, 5) is 10.7. The van der Waals surface area contributed by atoms with Crippen molar-refractivity contribution >= 4 is 5.97 Å². The highest BCUT2D eigenvalue weighted by atomic mass is 16.6. The number of rotatable bonds is 11. The van der Waals surface area contributed by atoms with Crippen molar-refractivity contribution in [2.75, 3.05) is 13.7 Å². The number of methoxy groups -OCH3 is 1. The number of hydrogen-bond donors (Lipinski definition) is 4. The van der Waals surface area contributed by atoms with Crippen LogP contribution in [0.4, 0.5) is 0 Å². The molecule has 0 heterocycles. The second kappa shape index (κ2) is 11.6. The second-order valence-corrected chi connectivity index (χ2v) is 7.35. The van der Waals surface area contributed by atoms with Crippen LogP contribution in [0.15, 0.2) is 54.3 Å². The summed E-state index contributed by atoms with van der Waals surface area (Å²) in [5.41, 5.74) is 2.66. The van der Waals surface area contributed by atoms with Crippen LogP contribution in [0.1, 0.15) is 32.1 Å². The first kappa shape index (κ1) is 23.7. The normalized spacial score (nSPS) is 19.9. The number of ether oxygens (including phenoxy) is 2. The predicted molar refractivity (Wildman–Crippen MR) is 111 cm³/mol. The fourth-order valence-electron chi connectivity index (χ4n) is 3.44. The van der Waals surface area contributed by atoms with E-state index in [1.165, 1.54) is 0 Å². The first-order valence-corrected chi connectivity index (χ1v) is 10.1. The van der Waals surface area contributed by atoms with Crippen LogP contribution in [-0.4, -0.2) is 52.0 Å². The highest BCUT2D eigenvalue weighted by Crippen LogP contribution is 2.35. The Morgan fingerprint density at radius 2 is 2.10 bits per heavy atom. The summed E-state index contributed by atoms with van der Waals surface area (Å²) in [5, 5.41) is 36.7. The molecule has 2 rings (SSSR count). The van der Waals surface area contributed by atoms with Gasteiger partial charge in [-0.2, -0.15) is 0 Å². The van der Waals surface area contributed by atoms with Crippen molar-refractivity contribution in [2.45, 2.75) is 44.0 Å². The van der Waals surface area contributed by atoms with Gasteiger partial charge in [0.25, 0.3) is 5.79 Å². The number of allylic oxidation sites excluding steroid dienone is 1. The molecule has 0 radical (unpaired) electrons. The molecule has 1 aliphatic carbocycles. The number of aliphatic hydroxyl groups excluding tert-OH is 1. The maximum Gasteiger partial charge on any atom is 0.367 e. The van der Waals surface area contributed by atoms with Crippen molar-refractivity contribution in [3.63, 3.8) is 0 Å². The van der Waals surface area contributed by atoms with Gasteiger partial charge in [-0.1, -0.05) is 24.6 Å². The van der Waals surface area contributed by atoms with E-state index in [0.717, 1.165) is 49.7 Å². The molecule has 0 saturated heterocycles. The number of aliphatic carboxylic acids is 1. The lowest BCUT2D eigenvalue weighted by atomic mass is 9.92. The molecule has 1 aliphatic rings. The Kier molecular flexibility index (Phi) is 9.15. The van der Waals surface area contributed by atoms with Gasteiger partial charge in [-0.3, -0.25) is 0 Å². The zero-order chi connectivity index (χ0) is 22.0. The van der Waals surface area contributed by atoms with E-state index in [4.69, 9.17) is 14.6 Å². The molecule has 3 atom stereocenters. The molecule has 164 valence electrons. The predicted octanol–water partition coefficient (Wildman–Crippen LogP) is 2.66. The van der Waals surface area contributed by atoms with Crippen molar-refractivity contribution in [1.29, 1.82) is 0 Å². The van der Waals surface area contributed by atoms with Gasteiger partial charge < -0.3 is 29.9 Å². The van der Waals surface area contributed by atoms with Crippen LogP contribution in [0.5, 0.6) is 11.5 Å². The molecule has 0 amide bonds. The van der Waals surface area contributed by atoms with Crippen molar-refractivity contribution in [2.24, 2.45) is 11.8 Å². The summed E-state index contributed by atoms with van der Waals surface area (Å²) in [7, 11) is 1.62. The average molecular weight is 418 g/mol. The Hall–Kier alpha value is -2.57. The third-order valence-electron chi connectivity index (χ3n) is 5.22. The van der Waals surface area contributed by atoms with Gasteiger partial charge in [0.1, 0.15) is 17.6 Å². The van der Waals surface area contributed by atoms with Gasteiger partial charge in [-0.25, -0.2) is 4.79 Å². The molecule has 0 aromatic heterocycles. The topological polar surface area (TPSA) is 116 Å². The lowest BCUT2D eigenvalue weighted by Crippen LogP contribution is -2.48. The van der Waals surface area contributed by atoms with Crippen LogP contribution < -0.4 is 9.47 Å². The summed E-state index contributed by atoms with van der Waals surface area (Å²) >= 11 is 0. The van der Waals surface area contributed by atoms with Crippen LogP contribution >= 0.6 is 0 Å². The second-order valence-electron chi connectivity index (χ2n) is 7.35. The molecule has 1 fully saturated rings. The molecule has 7 heteroatoms. The van der Waals surface area contributed by atoms with Crippen molar-refractivity contribution in [3.8, 4) is 11.5 Å². The number of carboxylic acids is 1. The quantitative estimate of drug-likeness (QED) is 0.189. The largest absolute Gasteiger partial charge is 0.497 e. The van der Waals surface area contributed by atoms with Gasteiger partial charge in [-0.05, 0) is 61.8 Å².